The van der Waals surface area contributed by atoms with Gasteiger partial charge in [-0.25, -0.2) is 0 Å². The van der Waals surface area contributed by atoms with Crippen LogP contribution in [0.15, 0.2) is 30.5 Å². The van der Waals surface area contributed by atoms with E-state index in [0.29, 0.717) is 0 Å². The molecule has 0 radical (unpaired) electrons. The van der Waals surface area contributed by atoms with E-state index in [0.717, 1.165) is 24.6 Å². The third kappa shape index (κ3) is 1.94. The van der Waals surface area contributed by atoms with Crippen LogP contribution in [0.3, 0.4) is 0 Å². The molecule has 2 heteroatoms. The van der Waals surface area contributed by atoms with Crippen LogP contribution in [0, 0.1) is 5.92 Å². The van der Waals surface area contributed by atoms with Crippen molar-refractivity contribution < 1.29 is 4.79 Å². The number of rotatable bonds is 4. The first-order valence-electron chi connectivity index (χ1n) is 5.35. The molecule has 0 spiro atoms. The summed E-state index contributed by atoms with van der Waals surface area (Å²) in [6, 6.07) is 8.20. The highest BCUT2D eigenvalue weighted by molar-refractivity contribution is 5.83. The van der Waals surface area contributed by atoms with Crippen molar-refractivity contribution in [2.24, 2.45) is 5.92 Å². The molecule has 0 aliphatic rings. The summed E-state index contributed by atoms with van der Waals surface area (Å²) in [5, 5.41) is 1.23. The standard InChI is InChI=1S/C13H15NO/c1-2-10(9-15)7-11-8-14-13-6-4-3-5-12(11)13/h3-6,8-10,14H,2,7H2,1H3. The minimum atomic E-state index is 0.143. The van der Waals surface area contributed by atoms with E-state index in [9.17, 15) is 4.79 Å². The Morgan fingerprint density at radius 3 is 2.93 bits per heavy atom. The largest absolute Gasteiger partial charge is 0.361 e. The molecular formula is C13H15NO. The second-order valence-corrected chi connectivity index (χ2v) is 3.87. The van der Waals surface area contributed by atoms with Crippen LogP contribution >= 0.6 is 0 Å². The van der Waals surface area contributed by atoms with Gasteiger partial charge in [0.05, 0.1) is 0 Å². The molecule has 1 aromatic heterocycles. The number of para-hydroxylation sites is 1. The van der Waals surface area contributed by atoms with Crippen LogP contribution in [-0.2, 0) is 11.2 Å². The Morgan fingerprint density at radius 1 is 1.40 bits per heavy atom. The van der Waals surface area contributed by atoms with Gasteiger partial charge in [-0.15, -0.1) is 0 Å². The molecule has 0 saturated heterocycles. The molecule has 2 rings (SSSR count). The van der Waals surface area contributed by atoms with Gasteiger partial charge in [-0.05, 0) is 24.5 Å². The molecule has 1 N–H and O–H groups in total. The summed E-state index contributed by atoms with van der Waals surface area (Å²) in [5.74, 6) is 0.143. The topological polar surface area (TPSA) is 32.9 Å². The molecule has 1 aromatic carbocycles. The van der Waals surface area contributed by atoms with Crippen LogP contribution in [0.4, 0.5) is 0 Å². The van der Waals surface area contributed by atoms with E-state index >= 15 is 0 Å². The number of benzene rings is 1. The van der Waals surface area contributed by atoms with Crippen molar-refractivity contribution >= 4 is 17.2 Å². The smallest absolute Gasteiger partial charge is 0.123 e. The van der Waals surface area contributed by atoms with Gasteiger partial charge >= 0.3 is 0 Å². The van der Waals surface area contributed by atoms with Gasteiger partial charge in [0.15, 0.2) is 0 Å². The normalized spacial score (nSPS) is 12.9. The SMILES string of the molecule is CCC(C=O)Cc1c[nH]c2ccccc12. The lowest BCUT2D eigenvalue weighted by Gasteiger charge is -2.05. The van der Waals surface area contributed by atoms with E-state index in [-0.39, 0.29) is 5.92 Å². The number of aldehydes is 1. The number of aromatic nitrogens is 1. The number of carbonyl (C=O) groups excluding carboxylic acids is 1. The average Bonchev–Trinajstić information content (AvgIpc) is 2.69. The maximum absolute atomic E-state index is 10.8. The number of hydrogen-bond donors (Lipinski definition) is 1. The van der Waals surface area contributed by atoms with Gasteiger partial charge in [-0.3, -0.25) is 0 Å². The average molecular weight is 201 g/mol. The summed E-state index contributed by atoms with van der Waals surface area (Å²) in [7, 11) is 0. The lowest BCUT2D eigenvalue weighted by Crippen LogP contribution is -2.03. The van der Waals surface area contributed by atoms with Crippen molar-refractivity contribution in [3.8, 4) is 0 Å². The van der Waals surface area contributed by atoms with Gasteiger partial charge in [0.2, 0.25) is 0 Å². The first-order valence-corrected chi connectivity index (χ1v) is 5.35. The van der Waals surface area contributed by atoms with Crippen molar-refractivity contribution in [1.29, 1.82) is 0 Å². The van der Waals surface area contributed by atoms with Crippen molar-refractivity contribution in [2.75, 3.05) is 0 Å². The molecule has 1 heterocycles. The molecule has 78 valence electrons. The molecule has 0 aliphatic heterocycles. The van der Waals surface area contributed by atoms with Gasteiger partial charge in [0.1, 0.15) is 6.29 Å². The van der Waals surface area contributed by atoms with Crippen LogP contribution in [0.2, 0.25) is 0 Å². The highest BCUT2D eigenvalue weighted by Crippen LogP contribution is 2.20. The molecule has 0 bridgehead atoms. The second kappa shape index (κ2) is 4.30. The van der Waals surface area contributed by atoms with Crippen LogP contribution in [-0.4, -0.2) is 11.3 Å². The van der Waals surface area contributed by atoms with Crippen LogP contribution in [0.5, 0.6) is 0 Å². The fraction of sp³-hybridized carbons (Fsp3) is 0.308. The monoisotopic (exact) mass is 201 g/mol. The number of H-pyrrole nitrogens is 1. The fourth-order valence-electron chi connectivity index (χ4n) is 1.87. The summed E-state index contributed by atoms with van der Waals surface area (Å²) < 4.78 is 0. The third-order valence-corrected chi connectivity index (χ3v) is 2.87. The Kier molecular flexibility index (Phi) is 2.86. The number of carbonyl (C=O) groups is 1. The van der Waals surface area contributed by atoms with E-state index in [2.05, 4.69) is 17.1 Å². The fourth-order valence-corrected chi connectivity index (χ4v) is 1.87. The molecule has 1 unspecified atom stereocenters. The van der Waals surface area contributed by atoms with Crippen molar-refractivity contribution in [1.82, 2.24) is 4.98 Å². The Labute approximate surface area is 89.3 Å². The Hall–Kier alpha value is -1.57. The van der Waals surface area contributed by atoms with E-state index in [1.807, 2.05) is 25.3 Å². The van der Waals surface area contributed by atoms with Gasteiger partial charge < -0.3 is 9.78 Å². The molecule has 0 amide bonds. The third-order valence-electron chi connectivity index (χ3n) is 2.87. The zero-order valence-corrected chi connectivity index (χ0v) is 8.86. The Morgan fingerprint density at radius 2 is 2.20 bits per heavy atom. The highest BCUT2D eigenvalue weighted by Gasteiger charge is 2.09. The van der Waals surface area contributed by atoms with E-state index in [1.165, 1.54) is 10.9 Å². The van der Waals surface area contributed by atoms with Crippen LogP contribution < -0.4 is 0 Å². The lowest BCUT2D eigenvalue weighted by molar-refractivity contribution is -0.111. The van der Waals surface area contributed by atoms with Gasteiger partial charge in [-0.2, -0.15) is 0 Å². The summed E-state index contributed by atoms with van der Waals surface area (Å²) in [5.41, 5.74) is 2.39. The van der Waals surface area contributed by atoms with E-state index in [4.69, 9.17) is 0 Å². The van der Waals surface area contributed by atoms with Gasteiger partial charge in [0, 0.05) is 23.0 Å². The number of nitrogens with one attached hydrogen (secondary N) is 1. The summed E-state index contributed by atoms with van der Waals surface area (Å²) in [4.78, 5) is 14.0. The van der Waals surface area contributed by atoms with Crippen LogP contribution in [0.25, 0.3) is 10.9 Å². The van der Waals surface area contributed by atoms with Crippen molar-refractivity contribution in [3.05, 3.63) is 36.0 Å². The maximum atomic E-state index is 10.8. The van der Waals surface area contributed by atoms with Crippen molar-refractivity contribution in [3.63, 3.8) is 0 Å². The minimum absolute atomic E-state index is 0.143. The minimum Gasteiger partial charge on any atom is -0.361 e. The number of aromatic amines is 1. The second-order valence-electron chi connectivity index (χ2n) is 3.87. The zero-order chi connectivity index (χ0) is 10.7. The predicted octanol–water partition coefficient (Wildman–Crippen LogP) is 2.94. The molecule has 15 heavy (non-hydrogen) atoms. The molecule has 0 saturated carbocycles. The van der Waals surface area contributed by atoms with E-state index in [1.54, 1.807) is 0 Å². The van der Waals surface area contributed by atoms with Crippen LogP contribution in [0.1, 0.15) is 18.9 Å². The first-order chi connectivity index (χ1) is 7.35. The summed E-state index contributed by atoms with van der Waals surface area (Å²) >= 11 is 0. The summed E-state index contributed by atoms with van der Waals surface area (Å²) in [6.45, 7) is 2.05. The number of hydrogen-bond acceptors (Lipinski definition) is 1. The molecule has 0 aliphatic carbocycles. The zero-order valence-electron chi connectivity index (χ0n) is 8.86. The maximum Gasteiger partial charge on any atom is 0.123 e. The molecule has 1 atom stereocenters. The number of fused-ring (bicyclic) bond motifs is 1. The quantitative estimate of drug-likeness (QED) is 0.758. The Bertz CT molecular complexity index is 458. The van der Waals surface area contributed by atoms with Crippen molar-refractivity contribution in [2.45, 2.75) is 19.8 Å². The highest BCUT2D eigenvalue weighted by atomic mass is 16.1. The molecule has 0 fully saturated rings. The molecule has 2 nitrogen and oxygen atoms in total. The molecular weight excluding hydrogens is 186 g/mol. The summed E-state index contributed by atoms with van der Waals surface area (Å²) in [6.07, 6.45) is 4.81. The van der Waals surface area contributed by atoms with Gasteiger partial charge in [-0.1, -0.05) is 25.1 Å². The Balaban J connectivity index is 2.32. The first kappa shape index (κ1) is 9.97. The lowest BCUT2D eigenvalue weighted by atomic mass is 9.98. The predicted molar refractivity (Wildman–Crippen MR) is 61.8 cm³/mol. The molecule has 2 aromatic rings. The van der Waals surface area contributed by atoms with Gasteiger partial charge in [0.25, 0.3) is 0 Å². The van der Waals surface area contributed by atoms with E-state index < -0.39 is 0 Å².